The summed E-state index contributed by atoms with van der Waals surface area (Å²) >= 11 is 3.41. The van der Waals surface area contributed by atoms with E-state index in [9.17, 15) is 4.79 Å². The molecule has 5 heteroatoms. The molecule has 0 unspecified atom stereocenters. The number of para-hydroxylation sites is 1. The van der Waals surface area contributed by atoms with Gasteiger partial charge in [-0.1, -0.05) is 18.2 Å². The molecule has 0 bridgehead atoms. The van der Waals surface area contributed by atoms with E-state index in [-0.39, 0.29) is 11.6 Å². The number of pyridine rings is 1. The first kappa shape index (κ1) is 14.4. The summed E-state index contributed by atoms with van der Waals surface area (Å²) in [7, 11) is 0. The highest BCUT2D eigenvalue weighted by Gasteiger charge is 2.24. The molecule has 110 valence electrons. The van der Waals surface area contributed by atoms with Crippen molar-refractivity contribution in [3.8, 4) is 11.5 Å². The standard InChI is InChI=1S/C16H16BrNO3/c1-10-4-3-5-11(2)14(10)21-15-13(17)6-7-18(16(15)19)12-8-20-9-12/h3-7,12H,8-9H2,1-2H3. The summed E-state index contributed by atoms with van der Waals surface area (Å²) in [4.78, 5) is 12.6. The van der Waals surface area contributed by atoms with Crippen LogP contribution in [0.2, 0.25) is 0 Å². The van der Waals surface area contributed by atoms with Gasteiger partial charge in [0.2, 0.25) is 5.75 Å². The smallest absolute Gasteiger partial charge is 0.295 e. The van der Waals surface area contributed by atoms with Gasteiger partial charge >= 0.3 is 0 Å². The van der Waals surface area contributed by atoms with Gasteiger partial charge in [0, 0.05) is 6.20 Å². The minimum Gasteiger partial charge on any atom is -0.450 e. The van der Waals surface area contributed by atoms with Crippen molar-refractivity contribution in [2.45, 2.75) is 19.9 Å². The van der Waals surface area contributed by atoms with Gasteiger partial charge < -0.3 is 14.0 Å². The molecule has 1 aliphatic heterocycles. The lowest BCUT2D eigenvalue weighted by atomic mass is 10.1. The van der Waals surface area contributed by atoms with Crippen molar-refractivity contribution in [1.82, 2.24) is 4.57 Å². The van der Waals surface area contributed by atoms with Gasteiger partial charge in [-0.15, -0.1) is 0 Å². The molecule has 4 nitrogen and oxygen atoms in total. The average Bonchev–Trinajstić information content (AvgIpc) is 2.38. The maximum Gasteiger partial charge on any atom is 0.295 e. The Morgan fingerprint density at radius 2 is 1.86 bits per heavy atom. The Kier molecular flexibility index (Phi) is 3.87. The minimum atomic E-state index is -0.139. The van der Waals surface area contributed by atoms with Crippen molar-refractivity contribution in [2.75, 3.05) is 13.2 Å². The molecule has 0 spiro atoms. The third-order valence-electron chi connectivity index (χ3n) is 3.65. The van der Waals surface area contributed by atoms with E-state index in [1.54, 1.807) is 10.8 Å². The number of rotatable bonds is 3. The van der Waals surface area contributed by atoms with E-state index in [2.05, 4.69) is 15.9 Å². The molecule has 21 heavy (non-hydrogen) atoms. The summed E-state index contributed by atoms with van der Waals surface area (Å²) in [5, 5.41) is 0. The summed E-state index contributed by atoms with van der Waals surface area (Å²) < 4.78 is 13.4. The van der Waals surface area contributed by atoms with Gasteiger partial charge in [-0.2, -0.15) is 0 Å². The first-order valence-corrected chi connectivity index (χ1v) is 7.59. The molecule has 0 saturated carbocycles. The molecule has 1 aromatic heterocycles. The van der Waals surface area contributed by atoms with Crippen molar-refractivity contribution in [1.29, 1.82) is 0 Å². The lowest BCUT2D eigenvalue weighted by molar-refractivity contribution is -0.0250. The number of halogens is 1. The molecule has 1 aromatic carbocycles. The molecular formula is C16H16BrNO3. The Hall–Kier alpha value is -1.59. The molecule has 2 aromatic rings. The number of hydrogen-bond donors (Lipinski definition) is 0. The Bertz CT molecular complexity index is 715. The van der Waals surface area contributed by atoms with Crippen LogP contribution in [0.5, 0.6) is 11.5 Å². The zero-order valence-electron chi connectivity index (χ0n) is 11.9. The van der Waals surface area contributed by atoms with Crippen LogP contribution in [0.1, 0.15) is 17.2 Å². The molecule has 2 heterocycles. The molecule has 1 saturated heterocycles. The highest BCUT2D eigenvalue weighted by Crippen LogP contribution is 2.31. The van der Waals surface area contributed by atoms with Gasteiger partial charge in [0.25, 0.3) is 5.56 Å². The third-order valence-corrected chi connectivity index (χ3v) is 4.28. The quantitative estimate of drug-likeness (QED) is 0.849. The molecule has 0 atom stereocenters. The van der Waals surface area contributed by atoms with E-state index in [1.165, 1.54) is 0 Å². The summed E-state index contributed by atoms with van der Waals surface area (Å²) in [6.45, 7) is 5.09. The Morgan fingerprint density at radius 1 is 1.19 bits per heavy atom. The summed E-state index contributed by atoms with van der Waals surface area (Å²) in [5.74, 6) is 1.06. The van der Waals surface area contributed by atoms with Crippen molar-refractivity contribution in [3.05, 3.63) is 56.4 Å². The highest BCUT2D eigenvalue weighted by molar-refractivity contribution is 9.10. The van der Waals surface area contributed by atoms with E-state index < -0.39 is 0 Å². The summed E-state index contributed by atoms with van der Waals surface area (Å²) in [5.41, 5.74) is 1.87. The van der Waals surface area contributed by atoms with E-state index in [0.29, 0.717) is 23.4 Å². The zero-order chi connectivity index (χ0) is 15.0. The van der Waals surface area contributed by atoms with Crippen LogP contribution in [0.25, 0.3) is 0 Å². The predicted molar refractivity (Wildman–Crippen MR) is 84.2 cm³/mol. The second-order valence-electron chi connectivity index (χ2n) is 5.22. The first-order valence-electron chi connectivity index (χ1n) is 6.80. The fourth-order valence-corrected chi connectivity index (χ4v) is 2.70. The van der Waals surface area contributed by atoms with Crippen molar-refractivity contribution in [2.24, 2.45) is 0 Å². The molecule has 0 N–H and O–H groups in total. The number of nitrogens with zero attached hydrogens (tertiary/aromatic N) is 1. The molecule has 1 aliphatic rings. The maximum absolute atomic E-state index is 12.6. The fourth-order valence-electron chi connectivity index (χ4n) is 2.33. The molecule has 0 radical (unpaired) electrons. The molecule has 3 rings (SSSR count). The summed E-state index contributed by atoms with van der Waals surface area (Å²) in [6, 6.07) is 7.85. The van der Waals surface area contributed by atoms with Crippen LogP contribution >= 0.6 is 15.9 Å². The second-order valence-corrected chi connectivity index (χ2v) is 6.07. The number of benzene rings is 1. The predicted octanol–water partition coefficient (Wildman–Crippen LogP) is 3.59. The van der Waals surface area contributed by atoms with Crippen molar-refractivity contribution in [3.63, 3.8) is 0 Å². The average molecular weight is 350 g/mol. The van der Waals surface area contributed by atoms with Crippen LogP contribution in [-0.4, -0.2) is 17.8 Å². The SMILES string of the molecule is Cc1cccc(C)c1Oc1c(Br)ccn(C2COC2)c1=O. The lowest BCUT2D eigenvalue weighted by Crippen LogP contribution is -2.37. The fraction of sp³-hybridized carbons (Fsp3) is 0.312. The largest absolute Gasteiger partial charge is 0.450 e. The van der Waals surface area contributed by atoms with Crippen LogP contribution in [0, 0.1) is 13.8 Å². The minimum absolute atomic E-state index is 0.103. The van der Waals surface area contributed by atoms with Gasteiger partial charge in [-0.25, -0.2) is 0 Å². The molecule has 0 aliphatic carbocycles. The third kappa shape index (κ3) is 2.63. The van der Waals surface area contributed by atoms with Crippen molar-refractivity contribution >= 4 is 15.9 Å². The topological polar surface area (TPSA) is 40.5 Å². The molecular weight excluding hydrogens is 334 g/mol. The zero-order valence-corrected chi connectivity index (χ0v) is 13.5. The maximum atomic E-state index is 12.6. The lowest BCUT2D eigenvalue weighted by Gasteiger charge is -2.28. The highest BCUT2D eigenvalue weighted by atomic mass is 79.9. The van der Waals surface area contributed by atoms with Gasteiger partial charge in [0.1, 0.15) is 5.75 Å². The van der Waals surface area contributed by atoms with Gasteiger partial charge in [0.15, 0.2) is 0 Å². The van der Waals surface area contributed by atoms with Gasteiger partial charge in [-0.05, 0) is 47.0 Å². The van der Waals surface area contributed by atoms with E-state index in [4.69, 9.17) is 9.47 Å². The number of hydrogen-bond acceptors (Lipinski definition) is 3. The normalized spacial score (nSPS) is 14.8. The van der Waals surface area contributed by atoms with Crippen molar-refractivity contribution < 1.29 is 9.47 Å². The van der Waals surface area contributed by atoms with Crippen LogP contribution < -0.4 is 10.3 Å². The Balaban J connectivity index is 2.04. The summed E-state index contributed by atoms with van der Waals surface area (Å²) in [6.07, 6.45) is 1.77. The van der Waals surface area contributed by atoms with Crippen LogP contribution in [0.15, 0.2) is 39.7 Å². The van der Waals surface area contributed by atoms with Gasteiger partial charge in [-0.3, -0.25) is 4.79 Å². The van der Waals surface area contributed by atoms with Gasteiger partial charge in [0.05, 0.1) is 23.7 Å². The second kappa shape index (κ2) is 5.66. The number of aryl methyl sites for hydroxylation is 2. The number of ether oxygens (including phenoxy) is 2. The van der Waals surface area contributed by atoms with Crippen LogP contribution in [-0.2, 0) is 4.74 Å². The van der Waals surface area contributed by atoms with Crippen LogP contribution in [0.4, 0.5) is 0 Å². The van der Waals surface area contributed by atoms with E-state index in [1.807, 2.05) is 38.1 Å². The number of aromatic nitrogens is 1. The Labute approximate surface area is 131 Å². The molecule has 0 amide bonds. The Morgan fingerprint density at radius 3 is 2.43 bits per heavy atom. The van der Waals surface area contributed by atoms with E-state index >= 15 is 0 Å². The monoisotopic (exact) mass is 349 g/mol. The van der Waals surface area contributed by atoms with E-state index in [0.717, 1.165) is 16.9 Å². The van der Waals surface area contributed by atoms with Crippen LogP contribution in [0.3, 0.4) is 0 Å². The first-order chi connectivity index (χ1) is 10.1. The molecule has 1 fully saturated rings.